The molecule has 0 aliphatic carbocycles. The highest BCUT2D eigenvalue weighted by molar-refractivity contribution is 5.82. The summed E-state index contributed by atoms with van der Waals surface area (Å²) in [6.07, 6.45) is -1.03. The highest BCUT2D eigenvalue weighted by Gasteiger charge is 2.41. The van der Waals surface area contributed by atoms with Crippen molar-refractivity contribution in [3.8, 4) is 0 Å². The van der Waals surface area contributed by atoms with Crippen LogP contribution in [0.15, 0.2) is 0 Å². The predicted octanol–water partition coefficient (Wildman–Crippen LogP) is 3.07. The van der Waals surface area contributed by atoms with Crippen molar-refractivity contribution in [3.05, 3.63) is 0 Å². The molecule has 38 heavy (non-hydrogen) atoms. The largest absolute Gasteiger partial charge is 0.459 e. The summed E-state index contributed by atoms with van der Waals surface area (Å²) in [6, 6.07) is -0.122. The maximum absolute atomic E-state index is 13.2. The summed E-state index contributed by atoms with van der Waals surface area (Å²) in [4.78, 5) is 26.0. The molecular weight excluding hydrogens is 490 g/mol. The molecule has 224 valence electrons. The van der Waals surface area contributed by atoms with E-state index in [4.69, 9.17) is 25.9 Å². The normalized spacial score (nSPS) is 42.1. The van der Waals surface area contributed by atoms with Gasteiger partial charge >= 0.3 is 5.97 Å². The number of rotatable bonds is 4. The number of carbonyl (C=O) groups excluding carboxylic acids is 2. The summed E-state index contributed by atoms with van der Waals surface area (Å²) in [6.45, 7) is 16.9. The molecule has 10 heteroatoms. The molecule has 0 saturated carbocycles. The maximum atomic E-state index is 13.2. The monoisotopic (exact) mass is 545 g/mol. The number of aliphatic hydroxyl groups excluding tert-OH is 1. The zero-order valence-electron chi connectivity index (χ0n) is 25.1. The number of hydrazine groups is 2. The molecule has 2 aliphatic rings. The molecule has 0 aromatic rings. The van der Waals surface area contributed by atoms with Gasteiger partial charge in [0.15, 0.2) is 6.29 Å². The first kappa shape index (κ1) is 34.9. The predicted molar refractivity (Wildman–Crippen MR) is 146 cm³/mol. The first-order valence-corrected chi connectivity index (χ1v) is 14.4. The lowest BCUT2D eigenvalue weighted by Gasteiger charge is -2.41. The fraction of sp³-hybridized carbons (Fsp3) is 0.929. The standard InChI is InChI=1S/C26H49N3O7.C2H6/c1-8-21-26(7,33)13-16(4)24(32)14(2)9-15(3)25(18(6)20(30)12-22(31)35-21)36-23-11-19(29(27)28)10-17(5)34-23;1-2/h14-21,23,25,30,33H,8-13,27-28H2,1-7H3;1-2H3/t14-,15?,16-,17?,18?,19?,20?,21?,23?,25+,26+;/m1./s1. The van der Waals surface area contributed by atoms with Gasteiger partial charge in [-0.05, 0) is 45.4 Å². The van der Waals surface area contributed by atoms with Crippen LogP contribution in [0.2, 0.25) is 0 Å². The van der Waals surface area contributed by atoms with Crippen LogP contribution < -0.4 is 11.7 Å². The van der Waals surface area contributed by atoms with Gasteiger partial charge < -0.3 is 24.4 Å². The SMILES string of the molecule is CC.CCC1OC(=O)CC(O)C(C)[C@@H](OC2CC(N(N)N)CC(C)O2)C(C)C[C@@H](C)C(=O)[C@H](C)C[C@]1(C)O. The molecule has 0 radical (unpaired) electrons. The Morgan fingerprint density at radius 1 is 1.05 bits per heavy atom. The summed E-state index contributed by atoms with van der Waals surface area (Å²) < 4.78 is 18.1. The van der Waals surface area contributed by atoms with E-state index in [9.17, 15) is 19.8 Å². The first-order valence-electron chi connectivity index (χ1n) is 14.4. The average Bonchev–Trinajstić information content (AvgIpc) is 2.84. The lowest BCUT2D eigenvalue weighted by molar-refractivity contribution is -0.244. The molecule has 0 bridgehead atoms. The Kier molecular flexibility index (Phi) is 14.3. The molecule has 2 aliphatic heterocycles. The Morgan fingerprint density at radius 2 is 1.66 bits per heavy atom. The Bertz CT molecular complexity index is 735. The number of nitrogens with two attached hydrogens (primary N) is 2. The van der Waals surface area contributed by atoms with E-state index >= 15 is 0 Å². The Labute approximate surface area is 229 Å². The summed E-state index contributed by atoms with van der Waals surface area (Å²) >= 11 is 0. The van der Waals surface area contributed by atoms with Gasteiger partial charge in [-0.1, -0.05) is 48.5 Å². The van der Waals surface area contributed by atoms with E-state index in [1.807, 2.05) is 55.4 Å². The van der Waals surface area contributed by atoms with Crippen LogP contribution in [-0.4, -0.2) is 69.4 Å². The molecule has 2 rings (SSSR count). The van der Waals surface area contributed by atoms with E-state index in [1.165, 1.54) is 5.12 Å². The summed E-state index contributed by atoms with van der Waals surface area (Å²) in [7, 11) is 0. The molecule has 2 saturated heterocycles. The fourth-order valence-electron chi connectivity index (χ4n) is 5.93. The number of aliphatic hydroxyl groups is 2. The van der Waals surface area contributed by atoms with Gasteiger partial charge in [-0.15, -0.1) is 0 Å². The number of esters is 1. The molecule has 11 atom stereocenters. The van der Waals surface area contributed by atoms with Crippen LogP contribution in [-0.2, 0) is 23.8 Å². The molecule has 10 nitrogen and oxygen atoms in total. The zero-order chi connectivity index (χ0) is 29.4. The van der Waals surface area contributed by atoms with Crippen molar-refractivity contribution in [2.75, 3.05) is 0 Å². The van der Waals surface area contributed by atoms with Crippen LogP contribution in [0.25, 0.3) is 0 Å². The minimum Gasteiger partial charge on any atom is -0.459 e. The van der Waals surface area contributed by atoms with Crippen LogP contribution in [0, 0.1) is 23.7 Å². The average molecular weight is 546 g/mol. The fourth-order valence-corrected chi connectivity index (χ4v) is 5.93. The van der Waals surface area contributed by atoms with Crippen LogP contribution in [0.4, 0.5) is 0 Å². The van der Waals surface area contributed by atoms with Gasteiger partial charge in [0.05, 0.1) is 30.3 Å². The van der Waals surface area contributed by atoms with Gasteiger partial charge in [0.2, 0.25) is 0 Å². The van der Waals surface area contributed by atoms with Gasteiger partial charge in [0.1, 0.15) is 11.9 Å². The number of nitrogens with zero attached hydrogens (tertiary/aromatic N) is 1. The third kappa shape index (κ3) is 9.80. The van der Waals surface area contributed by atoms with E-state index in [0.29, 0.717) is 25.7 Å². The van der Waals surface area contributed by atoms with Crippen molar-refractivity contribution in [1.82, 2.24) is 5.12 Å². The van der Waals surface area contributed by atoms with E-state index in [2.05, 4.69) is 0 Å². The second-order valence-electron chi connectivity index (χ2n) is 11.5. The van der Waals surface area contributed by atoms with Gasteiger partial charge in [-0.2, -0.15) is 5.12 Å². The lowest BCUT2D eigenvalue weighted by Crippen LogP contribution is -2.53. The molecular formula is C28H55N3O7. The third-order valence-corrected chi connectivity index (χ3v) is 8.00. The summed E-state index contributed by atoms with van der Waals surface area (Å²) in [5.41, 5.74) is -1.36. The van der Waals surface area contributed by atoms with E-state index in [0.717, 1.165) is 0 Å². The Balaban J connectivity index is 0.00000352. The van der Waals surface area contributed by atoms with Gasteiger partial charge in [0, 0.05) is 30.2 Å². The number of Topliss-reactive ketones (excluding diaryl/α,β-unsaturated/α-hetero) is 1. The molecule has 0 aromatic carbocycles. The molecule has 2 fully saturated rings. The zero-order valence-corrected chi connectivity index (χ0v) is 25.1. The molecule has 0 aromatic heterocycles. The minimum atomic E-state index is -1.36. The van der Waals surface area contributed by atoms with Crippen molar-refractivity contribution >= 4 is 11.8 Å². The molecule has 0 amide bonds. The Morgan fingerprint density at radius 3 is 2.21 bits per heavy atom. The highest BCUT2D eigenvalue weighted by atomic mass is 16.7. The first-order chi connectivity index (χ1) is 17.7. The Hall–Kier alpha value is -1.14. The number of ketones is 1. The summed E-state index contributed by atoms with van der Waals surface area (Å²) in [5, 5.41) is 23.3. The van der Waals surface area contributed by atoms with Crippen LogP contribution in [0.5, 0.6) is 0 Å². The third-order valence-electron chi connectivity index (χ3n) is 8.00. The van der Waals surface area contributed by atoms with Crippen LogP contribution >= 0.6 is 0 Å². The van der Waals surface area contributed by atoms with E-state index < -0.39 is 48.0 Å². The quantitative estimate of drug-likeness (QED) is 0.235. The lowest BCUT2D eigenvalue weighted by atomic mass is 9.78. The van der Waals surface area contributed by atoms with Gasteiger partial charge in [0.25, 0.3) is 0 Å². The van der Waals surface area contributed by atoms with Gasteiger partial charge in [-0.25, -0.2) is 0 Å². The van der Waals surface area contributed by atoms with Crippen molar-refractivity contribution < 1.29 is 34.0 Å². The molecule has 0 spiro atoms. The molecule has 7 unspecified atom stereocenters. The molecule has 2 heterocycles. The number of hydrogen-bond donors (Lipinski definition) is 4. The number of hydrogen-bond acceptors (Lipinski definition) is 10. The second kappa shape index (κ2) is 15.6. The van der Waals surface area contributed by atoms with Crippen molar-refractivity contribution in [1.29, 1.82) is 0 Å². The maximum Gasteiger partial charge on any atom is 0.308 e. The number of cyclic esters (lactones) is 1. The highest BCUT2D eigenvalue weighted by Crippen LogP contribution is 2.34. The topological polar surface area (TPSA) is 158 Å². The van der Waals surface area contributed by atoms with Crippen molar-refractivity contribution in [2.24, 2.45) is 35.4 Å². The summed E-state index contributed by atoms with van der Waals surface area (Å²) in [5.74, 6) is 9.76. The van der Waals surface area contributed by atoms with Crippen LogP contribution in [0.1, 0.15) is 101 Å². The van der Waals surface area contributed by atoms with Crippen LogP contribution in [0.3, 0.4) is 0 Å². The van der Waals surface area contributed by atoms with E-state index in [-0.39, 0.29) is 42.6 Å². The number of carbonyl (C=O) groups is 2. The minimum absolute atomic E-state index is 0.0387. The van der Waals surface area contributed by atoms with Crippen molar-refractivity contribution in [2.45, 2.75) is 143 Å². The number of ether oxygens (including phenoxy) is 3. The molecule has 6 N–H and O–H groups in total. The van der Waals surface area contributed by atoms with Crippen molar-refractivity contribution in [3.63, 3.8) is 0 Å². The van der Waals surface area contributed by atoms with E-state index in [1.54, 1.807) is 6.92 Å². The smallest absolute Gasteiger partial charge is 0.308 e. The van der Waals surface area contributed by atoms with Gasteiger partial charge in [-0.3, -0.25) is 21.3 Å². The second-order valence-corrected chi connectivity index (χ2v) is 11.5.